The number of hydrogen-bond donors (Lipinski definition) is 5. The first-order chi connectivity index (χ1) is 13.4. The highest BCUT2D eigenvalue weighted by atomic mass is 35.5. The van der Waals surface area contributed by atoms with Gasteiger partial charge in [-0.05, 0) is 25.0 Å². The Morgan fingerprint density at radius 2 is 2.07 bits per heavy atom. The molecule has 1 aliphatic rings. The molecule has 0 saturated heterocycles. The van der Waals surface area contributed by atoms with Gasteiger partial charge in [0.2, 0.25) is 5.95 Å². The number of aliphatic hydroxyl groups excluding tert-OH is 2. The van der Waals surface area contributed by atoms with Gasteiger partial charge < -0.3 is 26.0 Å². The van der Waals surface area contributed by atoms with Crippen molar-refractivity contribution in [2.24, 2.45) is 5.92 Å². The number of para-hydroxylation sites is 1. The molecule has 8 nitrogen and oxygen atoms in total. The monoisotopic (exact) mass is 421 g/mol. The van der Waals surface area contributed by atoms with Gasteiger partial charge in [0, 0.05) is 19.6 Å². The number of nitrogens with zero attached hydrogens (tertiary/aromatic N) is 3. The molecule has 5 N–H and O–H groups in total. The molecule has 0 amide bonds. The van der Waals surface area contributed by atoms with E-state index in [4.69, 9.17) is 11.6 Å². The lowest BCUT2D eigenvalue weighted by atomic mass is 10.0. The number of aromatic nitrogens is 3. The average molecular weight is 422 g/mol. The fourth-order valence-corrected chi connectivity index (χ4v) is 4.77. The number of thiazole rings is 1. The first kappa shape index (κ1) is 19.3. The van der Waals surface area contributed by atoms with Gasteiger partial charge in [-0.15, -0.1) is 11.3 Å². The quantitative estimate of drug-likeness (QED) is 0.314. The molecule has 1 saturated carbocycles. The molecule has 28 heavy (non-hydrogen) atoms. The van der Waals surface area contributed by atoms with E-state index in [9.17, 15) is 15.3 Å². The Morgan fingerprint density at radius 3 is 2.75 bits per heavy atom. The highest BCUT2D eigenvalue weighted by Crippen LogP contribution is 2.41. The molecule has 2 aromatic heterocycles. The van der Waals surface area contributed by atoms with E-state index in [0.29, 0.717) is 17.0 Å². The van der Waals surface area contributed by atoms with Crippen LogP contribution < -0.4 is 10.6 Å². The van der Waals surface area contributed by atoms with Crippen molar-refractivity contribution in [1.82, 2.24) is 15.0 Å². The summed E-state index contributed by atoms with van der Waals surface area (Å²) in [5.41, 5.74) is -0.362. The van der Waals surface area contributed by atoms with Crippen molar-refractivity contribution in [2.45, 2.75) is 24.7 Å². The third-order valence-electron chi connectivity index (χ3n) is 5.00. The number of aliphatic hydroxyl groups is 3. The van der Waals surface area contributed by atoms with Crippen LogP contribution in [0.2, 0.25) is 5.15 Å². The van der Waals surface area contributed by atoms with Gasteiger partial charge in [0.15, 0.2) is 5.72 Å². The first-order valence-corrected chi connectivity index (χ1v) is 10.1. The third-order valence-corrected chi connectivity index (χ3v) is 6.33. The summed E-state index contributed by atoms with van der Waals surface area (Å²) in [6, 6.07) is 7.69. The summed E-state index contributed by atoms with van der Waals surface area (Å²) in [6.07, 6.45) is -0.405. The molecule has 1 fully saturated rings. The smallest absolute Gasteiger partial charge is 0.225 e. The molecule has 0 bridgehead atoms. The molecule has 10 heteroatoms. The Hall–Kier alpha value is -2.04. The van der Waals surface area contributed by atoms with Crippen LogP contribution in [-0.4, -0.2) is 55.8 Å². The zero-order valence-electron chi connectivity index (χ0n) is 15.1. The fourth-order valence-electron chi connectivity index (χ4n) is 3.44. The minimum absolute atomic E-state index is 0.177. The summed E-state index contributed by atoms with van der Waals surface area (Å²) in [5, 5.41) is 37.4. The lowest BCUT2D eigenvalue weighted by molar-refractivity contribution is -0.0545. The predicted octanol–water partition coefficient (Wildman–Crippen LogP) is 2.31. The summed E-state index contributed by atoms with van der Waals surface area (Å²) < 4.78 is 0.983. The molecule has 3 unspecified atom stereocenters. The zero-order chi connectivity index (χ0) is 19.9. The van der Waals surface area contributed by atoms with Crippen LogP contribution in [0.1, 0.15) is 12.8 Å². The van der Waals surface area contributed by atoms with Crippen molar-refractivity contribution in [3.63, 3.8) is 0 Å². The number of hydrogen-bond acceptors (Lipinski definition) is 9. The van der Waals surface area contributed by atoms with Crippen molar-refractivity contribution in [3.8, 4) is 10.6 Å². The van der Waals surface area contributed by atoms with Gasteiger partial charge in [-0.2, -0.15) is 4.98 Å². The fraction of sp³-hybridized carbons (Fsp3) is 0.389. The second-order valence-corrected chi connectivity index (χ2v) is 8.16. The molecule has 0 spiro atoms. The van der Waals surface area contributed by atoms with Crippen molar-refractivity contribution in [1.29, 1.82) is 0 Å². The van der Waals surface area contributed by atoms with Crippen LogP contribution in [-0.2, 0) is 0 Å². The van der Waals surface area contributed by atoms with Gasteiger partial charge in [0.25, 0.3) is 0 Å². The molecule has 3 atom stereocenters. The molecule has 0 radical (unpaired) electrons. The summed E-state index contributed by atoms with van der Waals surface area (Å²) in [5.74, 6) is 0.125. The molecular weight excluding hydrogens is 402 g/mol. The largest absolute Gasteiger partial charge is 0.396 e. The SMILES string of the molecule is CNc1nc(Cl)c(-c2nc3ccccc3s2)c(NC2(O)CCC(CO)C2O)n1. The van der Waals surface area contributed by atoms with Crippen LogP contribution in [0.4, 0.5) is 11.8 Å². The summed E-state index contributed by atoms with van der Waals surface area (Å²) in [4.78, 5) is 13.3. The van der Waals surface area contributed by atoms with Crippen LogP contribution in [0.3, 0.4) is 0 Å². The number of rotatable bonds is 5. The van der Waals surface area contributed by atoms with E-state index in [1.165, 1.54) is 11.3 Å². The molecule has 3 aromatic rings. The maximum atomic E-state index is 11.0. The second-order valence-electron chi connectivity index (χ2n) is 6.77. The lowest BCUT2D eigenvalue weighted by Crippen LogP contribution is -2.48. The maximum Gasteiger partial charge on any atom is 0.225 e. The van der Waals surface area contributed by atoms with Gasteiger partial charge in [0.05, 0.1) is 15.8 Å². The van der Waals surface area contributed by atoms with E-state index in [-0.39, 0.29) is 29.9 Å². The molecule has 0 aliphatic heterocycles. The Labute approximate surface area is 170 Å². The van der Waals surface area contributed by atoms with E-state index in [0.717, 1.165) is 10.2 Å². The number of anilines is 2. The van der Waals surface area contributed by atoms with Crippen LogP contribution in [0.5, 0.6) is 0 Å². The van der Waals surface area contributed by atoms with Crippen LogP contribution in [0.25, 0.3) is 20.8 Å². The minimum Gasteiger partial charge on any atom is -0.396 e. The van der Waals surface area contributed by atoms with Crippen LogP contribution >= 0.6 is 22.9 Å². The van der Waals surface area contributed by atoms with E-state index in [2.05, 4.69) is 25.6 Å². The maximum absolute atomic E-state index is 11.0. The zero-order valence-corrected chi connectivity index (χ0v) is 16.6. The summed E-state index contributed by atoms with van der Waals surface area (Å²) >= 11 is 7.88. The highest BCUT2D eigenvalue weighted by Gasteiger charge is 2.47. The van der Waals surface area contributed by atoms with Gasteiger partial charge >= 0.3 is 0 Å². The van der Waals surface area contributed by atoms with Crippen molar-refractivity contribution in [2.75, 3.05) is 24.3 Å². The van der Waals surface area contributed by atoms with E-state index in [1.54, 1.807) is 7.05 Å². The Morgan fingerprint density at radius 1 is 1.29 bits per heavy atom. The number of fused-ring (bicyclic) bond motifs is 1. The average Bonchev–Trinajstić information content (AvgIpc) is 3.22. The molecule has 148 valence electrons. The standard InChI is InChI=1S/C18H20ClN5O3S/c1-20-17-22-14(19)12(16-21-10-4-2-3-5-11(10)28-16)15(23-17)24-18(27)7-6-9(8-25)13(18)26/h2-5,9,13,25-27H,6-8H2,1H3,(H2,20,22,23,24). The number of benzene rings is 1. The Kier molecular flexibility index (Phi) is 5.11. The Balaban J connectivity index is 1.81. The van der Waals surface area contributed by atoms with E-state index < -0.39 is 17.7 Å². The van der Waals surface area contributed by atoms with Crippen molar-refractivity contribution < 1.29 is 15.3 Å². The van der Waals surface area contributed by atoms with Crippen molar-refractivity contribution in [3.05, 3.63) is 29.4 Å². The summed E-state index contributed by atoms with van der Waals surface area (Å²) in [7, 11) is 1.66. The summed E-state index contributed by atoms with van der Waals surface area (Å²) in [6.45, 7) is -0.206. The first-order valence-electron chi connectivity index (χ1n) is 8.86. The molecule has 1 aliphatic carbocycles. The predicted molar refractivity (Wildman–Crippen MR) is 110 cm³/mol. The van der Waals surface area contributed by atoms with Gasteiger partial charge in [-0.3, -0.25) is 0 Å². The number of nitrogens with one attached hydrogen (secondary N) is 2. The van der Waals surface area contributed by atoms with Gasteiger partial charge in [-0.1, -0.05) is 23.7 Å². The van der Waals surface area contributed by atoms with Crippen molar-refractivity contribution >= 4 is 44.9 Å². The Bertz CT molecular complexity index is 983. The van der Waals surface area contributed by atoms with Gasteiger partial charge in [0.1, 0.15) is 22.1 Å². The van der Waals surface area contributed by atoms with Crippen LogP contribution in [0, 0.1) is 5.92 Å². The molecular formula is C18H20ClN5O3S. The third kappa shape index (κ3) is 3.29. The second kappa shape index (κ2) is 7.41. The van der Waals surface area contributed by atoms with E-state index >= 15 is 0 Å². The van der Waals surface area contributed by atoms with Crippen LogP contribution in [0.15, 0.2) is 24.3 Å². The van der Waals surface area contributed by atoms with Gasteiger partial charge in [-0.25, -0.2) is 9.97 Å². The lowest BCUT2D eigenvalue weighted by Gasteiger charge is -2.30. The molecule has 4 rings (SSSR count). The minimum atomic E-state index is -1.64. The van der Waals surface area contributed by atoms with E-state index in [1.807, 2.05) is 24.3 Å². The normalized spacial score (nSPS) is 24.6. The number of halogens is 1. The topological polar surface area (TPSA) is 123 Å². The molecule has 2 heterocycles. The highest BCUT2D eigenvalue weighted by molar-refractivity contribution is 7.21. The molecule has 1 aromatic carbocycles.